The Morgan fingerprint density at radius 1 is 1.36 bits per heavy atom. The van der Waals surface area contributed by atoms with Gasteiger partial charge < -0.3 is 0 Å². The number of alkyl halides is 3. The first-order chi connectivity index (χ1) is 10.1. The lowest BCUT2D eigenvalue weighted by atomic mass is 9.71. The Labute approximate surface area is 123 Å². The zero-order valence-corrected chi connectivity index (χ0v) is 11.6. The van der Waals surface area contributed by atoms with Crippen molar-refractivity contribution in [3.05, 3.63) is 45.3 Å². The molecular weight excluding hydrogens is 306 g/mol. The Balaban J connectivity index is 2.70. The van der Waals surface area contributed by atoms with Crippen LogP contribution in [0.5, 0.6) is 0 Å². The van der Waals surface area contributed by atoms with E-state index >= 15 is 0 Å². The zero-order valence-electron chi connectivity index (χ0n) is 11.6. The summed E-state index contributed by atoms with van der Waals surface area (Å²) in [6.07, 6.45) is -5.05. The van der Waals surface area contributed by atoms with Gasteiger partial charge in [-0.15, -0.1) is 0 Å². The van der Waals surface area contributed by atoms with Crippen LogP contribution in [0.4, 0.5) is 17.6 Å². The van der Waals surface area contributed by atoms with E-state index in [4.69, 9.17) is 0 Å². The average Bonchev–Trinajstić information content (AvgIpc) is 2.40. The minimum Gasteiger partial charge on any atom is -0.291 e. The summed E-state index contributed by atoms with van der Waals surface area (Å²) in [5, 5.41) is 11.5. The molecule has 4 nitrogen and oxygen atoms in total. The fraction of sp³-hybridized carbons (Fsp3) is 0.500. The summed E-state index contributed by atoms with van der Waals surface area (Å²) < 4.78 is 52.7. The molecule has 0 bridgehead atoms. The zero-order chi connectivity index (χ0) is 16.7. The van der Waals surface area contributed by atoms with Crippen LogP contribution in [0.2, 0.25) is 0 Å². The van der Waals surface area contributed by atoms with Gasteiger partial charge in [0.1, 0.15) is 5.82 Å². The summed E-state index contributed by atoms with van der Waals surface area (Å²) in [7, 11) is 0. The molecule has 0 N–H and O–H groups in total. The van der Waals surface area contributed by atoms with Crippen molar-refractivity contribution < 1.29 is 27.3 Å². The van der Waals surface area contributed by atoms with Crippen LogP contribution >= 0.6 is 0 Å². The van der Waals surface area contributed by atoms with Crippen molar-refractivity contribution in [1.82, 2.24) is 0 Å². The molecular formula is C14H13F4NO3. The van der Waals surface area contributed by atoms with E-state index in [0.29, 0.717) is 12.5 Å². The molecule has 0 aromatic heterocycles. The number of nitrogens with zero attached hydrogens (tertiary/aromatic N) is 1. The standard InChI is InChI=1S/C14H13F4NO3/c1-8-5-6-11(20)13(7-8,19(21)22)9-3-2-4-10(12(9)15)14(16,17)18/h2-4,8H,5-7H2,1H3/t8-,13?/m0/s1. The molecule has 1 fully saturated rings. The molecule has 0 aliphatic heterocycles. The van der Waals surface area contributed by atoms with Crippen LogP contribution in [-0.2, 0) is 16.5 Å². The third-order valence-corrected chi connectivity index (χ3v) is 4.03. The van der Waals surface area contributed by atoms with Crippen molar-refractivity contribution in [3.8, 4) is 0 Å². The third kappa shape index (κ3) is 2.46. The summed E-state index contributed by atoms with van der Waals surface area (Å²) in [6.45, 7) is 1.65. The van der Waals surface area contributed by atoms with E-state index in [0.717, 1.165) is 12.1 Å². The van der Waals surface area contributed by atoms with Crippen molar-refractivity contribution in [2.75, 3.05) is 0 Å². The number of rotatable bonds is 2. The Hall–Kier alpha value is -1.99. The van der Waals surface area contributed by atoms with E-state index < -0.39 is 39.4 Å². The largest absolute Gasteiger partial charge is 0.419 e. The molecule has 0 radical (unpaired) electrons. The van der Waals surface area contributed by atoms with Gasteiger partial charge in [-0.25, -0.2) is 4.39 Å². The summed E-state index contributed by atoms with van der Waals surface area (Å²) in [6, 6.07) is 2.28. The molecule has 2 atom stereocenters. The maximum Gasteiger partial charge on any atom is 0.419 e. The van der Waals surface area contributed by atoms with Gasteiger partial charge in [-0.3, -0.25) is 14.9 Å². The van der Waals surface area contributed by atoms with Crippen molar-refractivity contribution in [2.45, 2.75) is 37.9 Å². The van der Waals surface area contributed by atoms with Crippen molar-refractivity contribution >= 4 is 5.78 Å². The SMILES string of the molecule is C[C@H]1CCC(=O)C(c2cccc(C(F)(F)F)c2F)([N+](=O)[O-])C1. The van der Waals surface area contributed by atoms with Crippen LogP contribution in [0, 0.1) is 21.8 Å². The highest BCUT2D eigenvalue weighted by molar-refractivity contribution is 5.89. The van der Waals surface area contributed by atoms with E-state index in [1.54, 1.807) is 6.92 Å². The number of carbonyl (C=O) groups is 1. The first-order valence-corrected chi connectivity index (χ1v) is 6.64. The fourth-order valence-corrected chi connectivity index (χ4v) is 2.91. The highest BCUT2D eigenvalue weighted by Crippen LogP contribution is 2.43. The van der Waals surface area contributed by atoms with Crippen LogP contribution in [-0.4, -0.2) is 10.7 Å². The van der Waals surface area contributed by atoms with Gasteiger partial charge in [0.15, 0.2) is 0 Å². The number of halogens is 4. The van der Waals surface area contributed by atoms with Gasteiger partial charge >= 0.3 is 11.7 Å². The minimum atomic E-state index is -4.98. The first-order valence-electron chi connectivity index (χ1n) is 6.64. The molecule has 1 aliphatic rings. The van der Waals surface area contributed by atoms with Crippen molar-refractivity contribution in [2.24, 2.45) is 5.92 Å². The molecule has 0 saturated heterocycles. The molecule has 0 heterocycles. The highest BCUT2D eigenvalue weighted by Gasteiger charge is 2.57. The predicted molar refractivity (Wildman–Crippen MR) is 68.1 cm³/mol. The number of ketones is 1. The van der Waals surface area contributed by atoms with Gasteiger partial charge in [0, 0.05) is 17.8 Å². The van der Waals surface area contributed by atoms with Gasteiger partial charge in [-0.05, 0) is 24.5 Å². The third-order valence-electron chi connectivity index (χ3n) is 4.03. The van der Waals surface area contributed by atoms with Crippen LogP contribution < -0.4 is 0 Å². The molecule has 120 valence electrons. The number of nitro groups is 1. The molecule has 0 spiro atoms. The van der Waals surface area contributed by atoms with E-state index in [9.17, 15) is 32.5 Å². The Bertz CT molecular complexity index is 629. The van der Waals surface area contributed by atoms with E-state index in [2.05, 4.69) is 0 Å². The molecule has 1 saturated carbocycles. The molecule has 1 aromatic carbocycles. The minimum absolute atomic E-state index is 0.155. The average molecular weight is 319 g/mol. The molecule has 1 aliphatic carbocycles. The van der Waals surface area contributed by atoms with Crippen LogP contribution in [0.3, 0.4) is 0 Å². The van der Waals surface area contributed by atoms with Gasteiger partial charge in [-0.1, -0.05) is 13.0 Å². The van der Waals surface area contributed by atoms with Gasteiger partial charge in [0.05, 0.1) is 11.1 Å². The number of benzene rings is 1. The fourth-order valence-electron chi connectivity index (χ4n) is 2.91. The maximum absolute atomic E-state index is 14.3. The Kier molecular flexibility index (Phi) is 3.97. The second kappa shape index (κ2) is 5.33. The highest BCUT2D eigenvalue weighted by atomic mass is 19.4. The quantitative estimate of drug-likeness (QED) is 0.474. The smallest absolute Gasteiger partial charge is 0.291 e. The number of carbonyl (C=O) groups excluding carboxylic acids is 1. The van der Waals surface area contributed by atoms with Crippen LogP contribution in [0.25, 0.3) is 0 Å². The van der Waals surface area contributed by atoms with E-state index in [-0.39, 0.29) is 18.8 Å². The number of hydrogen-bond acceptors (Lipinski definition) is 3. The van der Waals surface area contributed by atoms with Gasteiger partial charge in [0.2, 0.25) is 5.78 Å². The maximum atomic E-state index is 14.3. The molecule has 1 aromatic rings. The molecule has 2 rings (SSSR count). The van der Waals surface area contributed by atoms with E-state index in [1.165, 1.54) is 0 Å². The second-order valence-electron chi connectivity index (χ2n) is 5.55. The van der Waals surface area contributed by atoms with Crippen molar-refractivity contribution in [1.29, 1.82) is 0 Å². The van der Waals surface area contributed by atoms with Crippen LogP contribution in [0.1, 0.15) is 37.3 Å². The first kappa shape index (κ1) is 16.4. The second-order valence-corrected chi connectivity index (χ2v) is 5.55. The topological polar surface area (TPSA) is 60.2 Å². The molecule has 1 unspecified atom stereocenters. The lowest BCUT2D eigenvalue weighted by Gasteiger charge is -2.32. The van der Waals surface area contributed by atoms with Gasteiger partial charge in [-0.2, -0.15) is 13.2 Å². The Morgan fingerprint density at radius 2 is 2.00 bits per heavy atom. The normalized spacial score (nSPS) is 26.0. The summed E-state index contributed by atoms with van der Waals surface area (Å²) in [5.74, 6) is -2.86. The summed E-state index contributed by atoms with van der Waals surface area (Å²) >= 11 is 0. The molecule has 8 heteroatoms. The predicted octanol–water partition coefficient (Wildman–Crippen LogP) is 3.71. The molecule has 0 amide bonds. The molecule has 22 heavy (non-hydrogen) atoms. The summed E-state index contributed by atoms with van der Waals surface area (Å²) in [4.78, 5) is 22.7. The van der Waals surface area contributed by atoms with Crippen molar-refractivity contribution in [3.63, 3.8) is 0 Å². The summed E-state index contributed by atoms with van der Waals surface area (Å²) in [5.41, 5.74) is -4.84. The van der Waals surface area contributed by atoms with E-state index in [1.807, 2.05) is 0 Å². The lowest BCUT2D eigenvalue weighted by Crippen LogP contribution is -2.48. The monoisotopic (exact) mass is 319 g/mol. The number of Topliss-reactive ketones (excluding diaryl/α,β-unsaturated/α-hetero) is 1. The van der Waals surface area contributed by atoms with Crippen LogP contribution in [0.15, 0.2) is 18.2 Å². The lowest BCUT2D eigenvalue weighted by molar-refractivity contribution is -0.565. The Morgan fingerprint density at radius 3 is 2.55 bits per heavy atom. The number of hydrogen-bond donors (Lipinski definition) is 0. The van der Waals surface area contributed by atoms with Gasteiger partial charge in [0.25, 0.3) is 0 Å².